The maximum atomic E-state index is 6.58. The maximum Gasteiger partial charge on any atom is 0.170 e. The van der Waals surface area contributed by atoms with Crippen molar-refractivity contribution in [3.05, 3.63) is 181 Å². The Labute approximate surface area is 309 Å². The molecule has 0 amide bonds. The molecule has 8 aromatic rings. The zero-order chi connectivity index (χ0) is 35.5. The monoisotopic (exact) mass is 682 g/mol. The lowest BCUT2D eigenvalue weighted by Crippen LogP contribution is -2.15. The van der Waals surface area contributed by atoms with Crippen LogP contribution in [-0.4, -0.2) is 9.97 Å². The van der Waals surface area contributed by atoms with Crippen molar-refractivity contribution in [1.29, 1.82) is 0 Å². The van der Waals surface area contributed by atoms with Gasteiger partial charge in [0.2, 0.25) is 0 Å². The zero-order valence-corrected chi connectivity index (χ0v) is 29.4. The van der Waals surface area contributed by atoms with Crippen LogP contribution in [0.4, 0.5) is 0 Å². The minimum Gasteiger partial charge on any atom is -0.450 e. The van der Waals surface area contributed by atoms with Crippen molar-refractivity contribution >= 4 is 0 Å². The first-order valence-corrected chi connectivity index (χ1v) is 18.0. The second-order valence-electron chi connectivity index (χ2n) is 14.2. The molecule has 1 aliphatic heterocycles. The van der Waals surface area contributed by atoms with Gasteiger partial charge in [-0.25, -0.2) is 9.97 Å². The van der Waals surface area contributed by atoms with Crippen LogP contribution in [0, 0.1) is 0 Å². The molecule has 0 fully saturated rings. The van der Waals surface area contributed by atoms with E-state index in [9.17, 15) is 0 Å². The van der Waals surface area contributed by atoms with Crippen LogP contribution in [-0.2, 0) is 5.41 Å². The lowest BCUT2D eigenvalue weighted by Gasteiger charge is -2.25. The van der Waals surface area contributed by atoms with E-state index in [1.165, 1.54) is 33.4 Å². The Kier molecular flexibility index (Phi) is 7.12. The Morgan fingerprint density at radius 1 is 0.358 bits per heavy atom. The van der Waals surface area contributed by atoms with Gasteiger partial charge in [-0.2, -0.15) is 0 Å². The second kappa shape index (κ2) is 12.2. The second-order valence-corrected chi connectivity index (χ2v) is 14.2. The molecule has 0 bridgehead atoms. The molecule has 4 nitrogen and oxygen atoms in total. The van der Waals surface area contributed by atoms with Crippen LogP contribution in [0.25, 0.3) is 67.3 Å². The van der Waals surface area contributed by atoms with Crippen molar-refractivity contribution in [3.8, 4) is 90.3 Å². The highest BCUT2D eigenvalue weighted by Gasteiger charge is 2.37. The summed E-state index contributed by atoms with van der Waals surface area (Å²) in [5.74, 6) is 3.53. The molecule has 10 rings (SSSR count). The van der Waals surface area contributed by atoms with Gasteiger partial charge in [-0.05, 0) is 80.9 Å². The molecule has 4 heteroatoms. The van der Waals surface area contributed by atoms with E-state index in [0.717, 1.165) is 50.7 Å². The van der Waals surface area contributed by atoms with E-state index in [2.05, 4.69) is 153 Å². The summed E-state index contributed by atoms with van der Waals surface area (Å²) in [6.07, 6.45) is 0. The summed E-state index contributed by atoms with van der Waals surface area (Å²) in [5.41, 5.74) is 14.1. The molecular weight excluding hydrogens is 649 g/mol. The molecule has 53 heavy (non-hydrogen) atoms. The minimum absolute atomic E-state index is 0.114. The molecular formula is C49H34N2O2. The first kappa shape index (κ1) is 31.0. The normalized spacial score (nSPS) is 13.2. The quantitative estimate of drug-likeness (QED) is 0.181. The van der Waals surface area contributed by atoms with E-state index in [1.54, 1.807) is 0 Å². The van der Waals surface area contributed by atoms with Crippen LogP contribution >= 0.6 is 0 Å². The van der Waals surface area contributed by atoms with Gasteiger partial charge in [0.25, 0.3) is 0 Å². The summed E-state index contributed by atoms with van der Waals surface area (Å²) in [5, 5.41) is 0. The number of nitrogens with zero attached hydrogens (tertiary/aromatic N) is 2. The predicted octanol–water partition coefficient (Wildman–Crippen LogP) is 13.0. The number of hydrogen-bond acceptors (Lipinski definition) is 4. The van der Waals surface area contributed by atoms with Crippen molar-refractivity contribution in [2.75, 3.05) is 0 Å². The van der Waals surface area contributed by atoms with Crippen molar-refractivity contribution in [1.82, 2.24) is 9.97 Å². The number of fused-ring (bicyclic) bond motifs is 5. The van der Waals surface area contributed by atoms with Crippen molar-refractivity contribution in [2.45, 2.75) is 19.3 Å². The maximum absolute atomic E-state index is 6.58. The Morgan fingerprint density at radius 3 is 1.66 bits per heavy atom. The SMILES string of the molecule is CC1(C)c2ccccc2-c2cc3c(cc21)Oc1ccc(-c2cccc(-c4nc(-c5ccccc5)cc(-c5ccc(-c6ccccc6)cc5)n4)c2)cc1O3. The van der Waals surface area contributed by atoms with Crippen LogP contribution in [0.15, 0.2) is 170 Å². The zero-order valence-electron chi connectivity index (χ0n) is 29.4. The minimum atomic E-state index is -0.114. The van der Waals surface area contributed by atoms with Gasteiger partial charge >= 0.3 is 0 Å². The molecule has 0 unspecified atom stereocenters. The third-order valence-electron chi connectivity index (χ3n) is 10.6. The molecule has 1 aliphatic carbocycles. The molecule has 2 heterocycles. The summed E-state index contributed by atoms with van der Waals surface area (Å²) in [6.45, 7) is 4.55. The van der Waals surface area contributed by atoms with Crippen LogP contribution in [0.3, 0.4) is 0 Å². The average Bonchev–Trinajstić information content (AvgIpc) is 3.44. The van der Waals surface area contributed by atoms with Gasteiger partial charge in [0.1, 0.15) is 0 Å². The van der Waals surface area contributed by atoms with Gasteiger partial charge in [0, 0.05) is 22.1 Å². The van der Waals surface area contributed by atoms with Crippen molar-refractivity contribution < 1.29 is 9.47 Å². The van der Waals surface area contributed by atoms with Gasteiger partial charge < -0.3 is 9.47 Å². The number of aromatic nitrogens is 2. The molecule has 0 saturated heterocycles. The van der Waals surface area contributed by atoms with E-state index in [1.807, 2.05) is 30.3 Å². The summed E-state index contributed by atoms with van der Waals surface area (Å²) in [4.78, 5) is 10.2. The predicted molar refractivity (Wildman–Crippen MR) is 213 cm³/mol. The standard InChI is InChI=1S/C49H34N2O2/c1-49(2)40-19-10-9-18-38(40)39-28-46-47(29-41(39)49)52-44-25-24-36(27-45(44)53-46)35-16-11-17-37(26-35)48-50-42(33-14-7-4-8-15-33)30-43(51-48)34-22-20-32(21-23-34)31-12-5-3-6-13-31/h3-30H,1-2H3. The third kappa shape index (κ3) is 5.39. The fourth-order valence-electron chi connectivity index (χ4n) is 7.74. The summed E-state index contributed by atoms with van der Waals surface area (Å²) < 4.78 is 13.1. The molecule has 2 aliphatic rings. The van der Waals surface area contributed by atoms with Gasteiger partial charge in [-0.3, -0.25) is 0 Å². The molecule has 0 N–H and O–H groups in total. The van der Waals surface area contributed by atoms with E-state index in [0.29, 0.717) is 17.3 Å². The summed E-state index contributed by atoms with van der Waals surface area (Å²) in [7, 11) is 0. The topological polar surface area (TPSA) is 44.2 Å². The molecule has 1 aromatic heterocycles. The number of benzene rings is 7. The van der Waals surface area contributed by atoms with E-state index < -0.39 is 0 Å². The Balaban J connectivity index is 0.998. The number of rotatable bonds is 5. The summed E-state index contributed by atoms with van der Waals surface area (Å²) >= 11 is 0. The number of ether oxygens (including phenoxy) is 2. The first-order valence-electron chi connectivity index (χ1n) is 18.0. The molecule has 0 radical (unpaired) electrons. The highest BCUT2D eigenvalue weighted by Crippen LogP contribution is 2.55. The third-order valence-corrected chi connectivity index (χ3v) is 10.6. The fraction of sp³-hybridized carbons (Fsp3) is 0.0612. The van der Waals surface area contributed by atoms with Crippen LogP contribution in [0.2, 0.25) is 0 Å². The number of hydrogen-bond donors (Lipinski definition) is 0. The van der Waals surface area contributed by atoms with E-state index >= 15 is 0 Å². The molecule has 0 spiro atoms. The Hall–Kier alpha value is -6.78. The van der Waals surface area contributed by atoms with Crippen LogP contribution in [0.1, 0.15) is 25.0 Å². The van der Waals surface area contributed by atoms with Crippen LogP contribution in [0.5, 0.6) is 23.0 Å². The highest BCUT2D eigenvalue weighted by molar-refractivity contribution is 5.84. The Morgan fingerprint density at radius 2 is 0.887 bits per heavy atom. The van der Waals surface area contributed by atoms with Gasteiger partial charge in [0.15, 0.2) is 28.8 Å². The summed E-state index contributed by atoms with van der Waals surface area (Å²) in [6, 6.07) is 58.8. The average molecular weight is 683 g/mol. The van der Waals surface area contributed by atoms with E-state index in [4.69, 9.17) is 19.4 Å². The van der Waals surface area contributed by atoms with Crippen molar-refractivity contribution in [3.63, 3.8) is 0 Å². The lowest BCUT2D eigenvalue weighted by molar-refractivity contribution is 0.359. The van der Waals surface area contributed by atoms with Gasteiger partial charge in [0.05, 0.1) is 11.4 Å². The van der Waals surface area contributed by atoms with E-state index in [-0.39, 0.29) is 5.41 Å². The molecule has 0 atom stereocenters. The van der Waals surface area contributed by atoms with Crippen molar-refractivity contribution in [2.24, 2.45) is 0 Å². The highest BCUT2D eigenvalue weighted by atomic mass is 16.6. The lowest BCUT2D eigenvalue weighted by atomic mass is 9.82. The van der Waals surface area contributed by atoms with Crippen LogP contribution < -0.4 is 9.47 Å². The molecule has 7 aromatic carbocycles. The smallest absolute Gasteiger partial charge is 0.170 e. The Bertz CT molecular complexity index is 2680. The largest absolute Gasteiger partial charge is 0.450 e. The fourth-order valence-corrected chi connectivity index (χ4v) is 7.74. The first-order chi connectivity index (χ1) is 26.0. The van der Waals surface area contributed by atoms with Gasteiger partial charge in [-0.15, -0.1) is 0 Å². The van der Waals surface area contributed by atoms with Gasteiger partial charge in [-0.1, -0.05) is 147 Å². The molecule has 0 saturated carbocycles. The molecule has 252 valence electrons.